The Balaban J connectivity index is 1.72. The Kier molecular flexibility index (Phi) is 4.95. The van der Waals surface area contributed by atoms with Crippen molar-refractivity contribution in [2.45, 2.75) is 33.4 Å². The van der Waals surface area contributed by atoms with Gasteiger partial charge < -0.3 is 14.9 Å². The Morgan fingerprint density at radius 2 is 2.15 bits per heavy atom. The Labute approximate surface area is 156 Å². The highest BCUT2D eigenvalue weighted by Gasteiger charge is 2.43. The smallest absolute Gasteiger partial charge is 0.327 e. The van der Waals surface area contributed by atoms with E-state index in [0.717, 1.165) is 16.3 Å². The first-order valence-corrected chi connectivity index (χ1v) is 9.28. The molecule has 0 aliphatic carbocycles. The van der Waals surface area contributed by atoms with Crippen LogP contribution in [0, 0.1) is 5.41 Å². The zero-order chi connectivity index (χ0) is 18.9. The number of hydrogen-bond acceptors (Lipinski definition) is 5. The third kappa shape index (κ3) is 3.70. The summed E-state index contributed by atoms with van der Waals surface area (Å²) >= 11 is 1.51. The van der Waals surface area contributed by atoms with E-state index in [0.29, 0.717) is 19.6 Å². The van der Waals surface area contributed by atoms with Crippen LogP contribution in [0.4, 0.5) is 4.79 Å². The van der Waals surface area contributed by atoms with Crippen molar-refractivity contribution in [3.8, 4) is 10.6 Å². The highest BCUT2D eigenvalue weighted by atomic mass is 32.1. The molecule has 1 atom stereocenters. The standard InChI is InChI=1S/C18H22N4O3S/c1-18(2,3)14(16(23)24)22-8-7-21(17(22)25)10-13-11-26-15(20-13)12-5-4-6-19-9-12/h4-6,9,11,14H,7-8,10H2,1-3H3,(H,23,24)/t14-/m1/s1. The molecule has 3 rings (SSSR count). The fourth-order valence-electron chi connectivity index (χ4n) is 3.16. The van der Waals surface area contributed by atoms with E-state index in [4.69, 9.17) is 0 Å². The molecule has 0 unspecified atom stereocenters. The van der Waals surface area contributed by atoms with Crippen LogP contribution in [0.5, 0.6) is 0 Å². The van der Waals surface area contributed by atoms with Gasteiger partial charge in [-0.3, -0.25) is 4.98 Å². The third-order valence-corrected chi connectivity index (χ3v) is 5.25. The van der Waals surface area contributed by atoms with Gasteiger partial charge in [-0.05, 0) is 17.5 Å². The van der Waals surface area contributed by atoms with Crippen LogP contribution in [0.1, 0.15) is 26.5 Å². The van der Waals surface area contributed by atoms with E-state index in [1.807, 2.05) is 38.3 Å². The molecule has 0 bridgehead atoms. The van der Waals surface area contributed by atoms with Crippen molar-refractivity contribution >= 4 is 23.3 Å². The molecular formula is C18H22N4O3S. The molecule has 1 saturated heterocycles. The lowest BCUT2D eigenvalue weighted by atomic mass is 9.86. The highest BCUT2D eigenvalue weighted by Crippen LogP contribution is 2.29. The molecule has 0 spiro atoms. The molecule has 3 heterocycles. The molecule has 7 nitrogen and oxygen atoms in total. The van der Waals surface area contributed by atoms with E-state index >= 15 is 0 Å². The maximum absolute atomic E-state index is 12.7. The van der Waals surface area contributed by atoms with Gasteiger partial charge in [0.25, 0.3) is 0 Å². The largest absolute Gasteiger partial charge is 0.480 e. The second-order valence-corrected chi connectivity index (χ2v) is 8.25. The van der Waals surface area contributed by atoms with Crippen LogP contribution < -0.4 is 0 Å². The molecule has 0 radical (unpaired) electrons. The normalized spacial score (nSPS) is 16.2. The fourth-order valence-corrected chi connectivity index (χ4v) is 3.96. The maximum atomic E-state index is 12.7. The SMILES string of the molecule is CC(C)(C)[C@@H](C(=O)O)N1CCN(Cc2csc(-c3cccnc3)n2)C1=O. The second-order valence-electron chi connectivity index (χ2n) is 7.39. The van der Waals surface area contributed by atoms with E-state index in [2.05, 4.69) is 9.97 Å². The van der Waals surface area contributed by atoms with Crippen molar-refractivity contribution in [2.75, 3.05) is 13.1 Å². The Morgan fingerprint density at radius 3 is 2.77 bits per heavy atom. The molecule has 8 heteroatoms. The van der Waals surface area contributed by atoms with Crippen molar-refractivity contribution in [2.24, 2.45) is 5.41 Å². The first kappa shape index (κ1) is 18.3. The molecule has 1 N–H and O–H groups in total. The molecule has 138 valence electrons. The minimum Gasteiger partial charge on any atom is -0.480 e. The van der Waals surface area contributed by atoms with Crippen LogP contribution in [0.25, 0.3) is 10.6 Å². The number of thiazole rings is 1. The number of carbonyl (C=O) groups excluding carboxylic acids is 1. The number of carboxylic acid groups (broad SMARTS) is 1. The fraction of sp³-hybridized carbons (Fsp3) is 0.444. The minimum atomic E-state index is -0.972. The highest BCUT2D eigenvalue weighted by molar-refractivity contribution is 7.13. The average Bonchev–Trinajstić information content (AvgIpc) is 3.17. The molecule has 1 aliphatic heterocycles. The summed E-state index contributed by atoms with van der Waals surface area (Å²) in [6, 6.07) is 2.71. The van der Waals surface area contributed by atoms with Crippen LogP contribution in [0.15, 0.2) is 29.9 Å². The summed E-state index contributed by atoms with van der Waals surface area (Å²) in [5.74, 6) is -0.972. The number of rotatable bonds is 5. The van der Waals surface area contributed by atoms with Gasteiger partial charge in [0.1, 0.15) is 11.0 Å². The zero-order valence-electron chi connectivity index (χ0n) is 15.0. The number of carboxylic acids is 1. The van der Waals surface area contributed by atoms with E-state index in [1.54, 1.807) is 17.3 Å². The number of nitrogens with zero attached hydrogens (tertiary/aromatic N) is 4. The van der Waals surface area contributed by atoms with Crippen LogP contribution in [0.3, 0.4) is 0 Å². The number of urea groups is 1. The quantitative estimate of drug-likeness (QED) is 0.869. The number of carbonyl (C=O) groups is 2. The summed E-state index contributed by atoms with van der Waals surface area (Å²) in [6.45, 7) is 6.79. The minimum absolute atomic E-state index is 0.247. The van der Waals surface area contributed by atoms with Gasteiger partial charge in [0.05, 0.1) is 12.2 Å². The van der Waals surface area contributed by atoms with Crippen LogP contribution >= 0.6 is 11.3 Å². The Morgan fingerprint density at radius 1 is 1.38 bits per heavy atom. The zero-order valence-corrected chi connectivity index (χ0v) is 15.9. The lowest BCUT2D eigenvalue weighted by Crippen LogP contribution is -2.50. The summed E-state index contributed by atoms with van der Waals surface area (Å²) in [5, 5.41) is 12.3. The molecular weight excluding hydrogens is 352 g/mol. The average molecular weight is 374 g/mol. The van der Waals surface area contributed by atoms with Crippen molar-refractivity contribution in [1.82, 2.24) is 19.8 Å². The Hall–Kier alpha value is -2.48. The topological polar surface area (TPSA) is 86.6 Å². The second kappa shape index (κ2) is 7.03. The predicted molar refractivity (Wildman–Crippen MR) is 98.7 cm³/mol. The van der Waals surface area contributed by atoms with Gasteiger partial charge in [-0.25, -0.2) is 14.6 Å². The molecule has 1 aliphatic rings. The van der Waals surface area contributed by atoms with Crippen LogP contribution in [-0.2, 0) is 11.3 Å². The molecule has 26 heavy (non-hydrogen) atoms. The van der Waals surface area contributed by atoms with Gasteiger partial charge in [0.15, 0.2) is 0 Å². The molecule has 2 aromatic heterocycles. The first-order chi connectivity index (χ1) is 12.3. The summed E-state index contributed by atoms with van der Waals surface area (Å²) in [4.78, 5) is 36.2. The van der Waals surface area contributed by atoms with Crippen LogP contribution in [-0.4, -0.2) is 56.0 Å². The molecule has 2 aromatic rings. The van der Waals surface area contributed by atoms with Gasteiger partial charge in [-0.2, -0.15) is 0 Å². The number of pyridine rings is 1. The first-order valence-electron chi connectivity index (χ1n) is 8.40. The summed E-state index contributed by atoms with van der Waals surface area (Å²) in [6.07, 6.45) is 3.47. The summed E-state index contributed by atoms with van der Waals surface area (Å²) in [7, 11) is 0. The number of aliphatic carboxylic acids is 1. The summed E-state index contributed by atoms with van der Waals surface area (Å²) < 4.78 is 0. The van der Waals surface area contributed by atoms with E-state index in [1.165, 1.54) is 16.2 Å². The monoisotopic (exact) mass is 374 g/mol. The molecule has 0 aromatic carbocycles. The molecule has 0 saturated carbocycles. The van der Waals surface area contributed by atoms with Crippen molar-refractivity contribution in [3.05, 3.63) is 35.6 Å². The predicted octanol–water partition coefficient (Wildman–Crippen LogP) is 2.94. The van der Waals surface area contributed by atoms with Gasteiger partial charge in [0, 0.05) is 36.4 Å². The van der Waals surface area contributed by atoms with E-state index in [9.17, 15) is 14.7 Å². The van der Waals surface area contributed by atoms with Gasteiger partial charge in [-0.1, -0.05) is 20.8 Å². The van der Waals surface area contributed by atoms with Gasteiger partial charge in [-0.15, -0.1) is 11.3 Å². The summed E-state index contributed by atoms with van der Waals surface area (Å²) in [5.41, 5.74) is 1.20. The Bertz CT molecular complexity index is 800. The number of hydrogen-bond donors (Lipinski definition) is 1. The maximum Gasteiger partial charge on any atom is 0.327 e. The molecule has 1 fully saturated rings. The van der Waals surface area contributed by atoms with Crippen molar-refractivity contribution in [3.63, 3.8) is 0 Å². The number of aromatic nitrogens is 2. The van der Waals surface area contributed by atoms with Gasteiger partial charge in [0.2, 0.25) is 0 Å². The van der Waals surface area contributed by atoms with Crippen LogP contribution in [0.2, 0.25) is 0 Å². The molecule has 2 amide bonds. The van der Waals surface area contributed by atoms with Crippen molar-refractivity contribution in [1.29, 1.82) is 0 Å². The third-order valence-electron chi connectivity index (χ3n) is 4.31. The van der Waals surface area contributed by atoms with Gasteiger partial charge >= 0.3 is 12.0 Å². The van der Waals surface area contributed by atoms with E-state index in [-0.39, 0.29) is 6.03 Å². The lowest BCUT2D eigenvalue weighted by Gasteiger charge is -2.34. The van der Waals surface area contributed by atoms with E-state index < -0.39 is 17.4 Å². The van der Waals surface area contributed by atoms with Crippen molar-refractivity contribution < 1.29 is 14.7 Å². The lowest BCUT2D eigenvalue weighted by molar-refractivity contribution is -0.145. The number of amides is 2.